The van der Waals surface area contributed by atoms with Gasteiger partial charge in [-0.05, 0) is 23.8 Å². The fraction of sp³-hybridized carbons (Fsp3) is 0.125. The van der Waals surface area contributed by atoms with Crippen molar-refractivity contribution in [2.75, 3.05) is 0 Å². The second kappa shape index (κ2) is 9.80. The van der Waals surface area contributed by atoms with Crippen LogP contribution in [0.3, 0.4) is 0 Å². The third-order valence-electron chi connectivity index (χ3n) is 4.46. The second-order valence-corrected chi connectivity index (χ2v) is 7.62. The van der Waals surface area contributed by atoms with E-state index < -0.39 is 0 Å². The molecule has 150 valence electrons. The van der Waals surface area contributed by atoms with Gasteiger partial charge in [-0.2, -0.15) is 0 Å². The molecule has 0 atom stereocenters. The predicted octanol–water partition coefficient (Wildman–Crippen LogP) is 4.64. The molecular weight excluding hydrogens is 394 g/mol. The lowest BCUT2D eigenvalue weighted by Crippen LogP contribution is -2.24. The molecule has 4 aromatic rings. The van der Waals surface area contributed by atoms with Gasteiger partial charge in [0.15, 0.2) is 0 Å². The fourth-order valence-corrected chi connectivity index (χ4v) is 3.71. The molecule has 0 fully saturated rings. The Balaban J connectivity index is 1.24. The molecule has 0 bridgehead atoms. The molecule has 0 spiro atoms. The summed E-state index contributed by atoms with van der Waals surface area (Å²) in [5, 5.41) is 5.82. The Morgan fingerprint density at radius 2 is 1.80 bits per heavy atom. The fourth-order valence-electron chi connectivity index (χ4n) is 2.88. The molecule has 0 saturated heterocycles. The van der Waals surface area contributed by atoms with Gasteiger partial charge in [-0.15, -0.1) is 11.3 Å². The minimum Gasteiger partial charge on any atom is -0.489 e. The highest BCUT2D eigenvalue weighted by molar-refractivity contribution is 7.13. The molecular formula is C24H21N3O2S. The van der Waals surface area contributed by atoms with Crippen molar-refractivity contribution in [2.24, 2.45) is 0 Å². The van der Waals surface area contributed by atoms with Gasteiger partial charge in [0, 0.05) is 35.4 Å². The first-order chi connectivity index (χ1) is 14.8. The number of benzene rings is 2. The first kappa shape index (κ1) is 19.8. The van der Waals surface area contributed by atoms with Gasteiger partial charge in [-0.3, -0.25) is 9.78 Å². The zero-order chi connectivity index (χ0) is 20.6. The van der Waals surface area contributed by atoms with Gasteiger partial charge < -0.3 is 10.1 Å². The van der Waals surface area contributed by atoms with E-state index in [1.807, 2.05) is 72.1 Å². The smallest absolute Gasteiger partial charge is 0.226 e. The third kappa shape index (κ3) is 5.52. The average Bonchev–Trinajstić information content (AvgIpc) is 3.27. The summed E-state index contributed by atoms with van der Waals surface area (Å²) in [7, 11) is 0. The molecule has 0 unspecified atom stereocenters. The topological polar surface area (TPSA) is 64.1 Å². The number of hydrogen-bond donors (Lipinski definition) is 1. The molecule has 1 N–H and O–H groups in total. The van der Waals surface area contributed by atoms with Gasteiger partial charge in [0.25, 0.3) is 0 Å². The van der Waals surface area contributed by atoms with E-state index in [-0.39, 0.29) is 12.3 Å². The van der Waals surface area contributed by atoms with Gasteiger partial charge in [-0.25, -0.2) is 4.98 Å². The Labute approximate surface area is 179 Å². The molecule has 2 aromatic carbocycles. The maximum absolute atomic E-state index is 12.3. The lowest BCUT2D eigenvalue weighted by atomic mass is 10.2. The van der Waals surface area contributed by atoms with Gasteiger partial charge in [-0.1, -0.05) is 48.5 Å². The lowest BCUT2D eigenvalue weighted by molar-refractivity contribution is -0.120. The Morgan fingerprint density at radius 3 is 2.57 bits per heavy atom. The van der Waals surface area contributed by atoms with E-state index in [1.165, 1.54) is 0 Å². The summed E-state index contributed by atoms with van der Waals surface area (Å²) in [6, 6.07) is 21.6. The van der Waals surface area contributed by atoms with E-state index in [0.717, 1.165) is 33.1 Å². The van der Waals surface area contributed by atoms with Crippen LogP contribution in [-0.4, -0.2) is 15.9 Å². The number of aromatic nitrogens is 2. The monoisotopic (exact) mass is 415 g/mol. The van der Waals surface area contributed by atoms with Crippen LogP contribution in [0.4, 0.5) is 0 Å². The van der Waals surface area contributed by atoms with Gasteiger partial charge in [0.1, 0.15) is 17.4 Å². The lowest BCUT2D eigenvalue weighted by Gasteiger charge is -2.08. The quantitative estimate of drug-likeness (QED) is 0.455. The molecule has 30 heavy (non-hydrogen) atoms. The number of nitrogens with zero attached hydrogens (tertiary/aromatic N) is 2. The van der Waals surface area contributed by atoms with E-state index in [4.69, 9.17) is 4.74 Å². The molecule has 4 rings (SSSR count). The van der Waals surface area contributed by atoms with Crippen LogP contribution in [-0.2, 0) is 24.4 Å². The van der Waals surface area contributed by atoms with Crippen molar-refractivity contribution >= 4 is 17.2 Å². The number of carbonyl (C=O) groups excluding carboxylic acids is 1. The van der Waals surface area contributed by atoms with Crippen LogP contribution in [0.25, 0.3) is 10.6 Å². The number of amides is 1. The van der Waals surface area contributed by atoms with E-state index in [0.29, 0.717) is 13.2 Å². The summed E-state index contributed by atoms with van der Waals surface area (Å²) >= 11 is 1.55. The first-order valence-corrected chi connectivity index (χ1v) is 10.5. The number of carbonyl (C=O) groups is 1. The van der Waals surface area contributed by atoms with Crippen molar-refractivity contribution in [2.45, 2.75) is 19.6 Å². The van der Waals surface area contributed by atoms with Gasteiger partial charge in [0.05, 0.1) is 12.1 Å². The molecule has 1 amide bonds. The Kier molecular flexibility index (Phi) is 6.47. The van der Waals surface area contributed by atoms with Crippen molar-refractivity contribution < 1.29 is 9.53 Å². The molecule has 5 nitrogen and oxygen atoms in total. The summed E-state index contributed by atoms with van der Waals surface area (Å²) in [5.74, 6) is 0.738. The second-order valence-electron chi connectivity index (χ2n) is 6.76. The SMILES string of the molecule is O=C(Cc1csc(-c2ccccc2)n1)NCc1ccc(OCc2cccnc2)cc1. The number of thiazole rings is 1. The van der Waals surface area contributed by atoms with Crippen LogP contribution in [0.1, 0.15) is 16.8 Å². The zero-order valence-corrected chi connectivity index (χ0v) is 17.1. The van der Waals surface area contributed by atoms with Crippen molar-refractivity contribution in [3.63, 3.8) is 0 Å². The van der Waals surface area contributed by atoms with E-state index in [2.05, 4.69) is 15.3 Å². The number of ether oxygens (including phenoxy) is 1. The largest absolute Gasteiger partial charge is 0.489 e. The number of nitrogens with one attached hydrogen (secondary N) is 1. The van der Waals surface area contributed by atoms with Crippen LogP contribution >= 0.6 is 11.3 Å². The standard InChI is InChI=1S/C24H21N3O2S/c28-23(13-21-17-30-24(27-21)20-6-2-1-3-7-20)26-15-18-8-10-22(11-9-18)29-16-19-5-4-12-25-14-19/h1-12,14,17H,13,15-16H2,(H,26,28). The molecule has 0 saturated carbocycles. The number of pyridine rings is 1. The summed E-state index contributed by atoms with van der Waals surface area (Å²) in [6.45, 7) is 0.944. The van der Waals surface area contributed by atoms with Crippen molar-refractivity contribution in [1.82, 2.24) is 15.3 Å². The maximum atomic E-state index is 12.3. The highest BCUT2D eigenvalue weighted by Crippen LogP contribution is 2.23. The molecule has 0 aliphatic rings. The Morgan fingerprint density at radius 1 is 0.967 bits per heavy atom. The molecule has 0 radical (unpaired) electrons. The summed E-state index contributed by atoms with van der Waals surface area (Å²) in [4.78, 5) is 20.9. The normalized spacial score (nSPS) is 10.5. The minimum atomic E-state index is -0.0446. The van der Waals surface area contributed by atoms with Gasteiger partial charge >= 0.3 is 0 Å². The molecule has 0 aliphatic heterocycles. The zero-order valence-electron chi connectivity index (χ0n) is 16.3. The van der Waals surface area contributed by atoms with Crippen molar-refractivity contribution in [3.8, 4) is 16.3 Å². The minimum absolute atomic E-state index is 0.0446. The van der Waals surface area contributed by atoms with Crippen LogP contribution in [0.5, 0.6) is 5.75 Å². The number of rotatable bonds is 8. The van der Waals surface area contributed by atoms with E-state index in [1.54, 1.807) is 23.7 Å². The first-order valence-electron chi connectivity index (χ1n) is 9.63. The van der Waals surface area contributed by atoms with Crippen LogP contribution in [0.2, 0.25) is 0 Å². The molecule has 6 heteroatoms. The van der Waals surface area contributed by atoms with Gasteiger partial charge in [0.2, 0.25) is 5.91 Å². The third-order valence-corrected chi connectivity index (χ3v) is 5.40. The van der Waals surface area contributed by atoms with E-state index in [9.17, 15) is 4.79 Å². The average molecular weight is 416 g/mol. The van der Waals surface area contributed by atoms with Crippen molar-refractivity contribution in [1.29, 1.82) is 0 Å². The predicted molar refractivity (Wildman–Crippen MR) is 118 cm³/mol. The summed E-state index contributed by atoms with van der Waals surface area (Å²) < 4.78 is 5.76. The molecule has 0 aliphatic carbocycles. The molecule has 2 aromatic heterocycles. The maximum Gasteiger partial charge on any atom is 0.226 e. The Hall–Kier alpha value is -3.51. The Bertz CT molecular complexity index is 1080. The van der Waals surface area contributed by atoms with Crippen LogP contribution < -0.4 is 10.1 Å². The van der Waals surface area contributed by atoms with Crippen LogP contribution in [0, 0.1) is 0 Å². The van der Waals surface area contributed by atoms with E-state index >= 15 is 0 Å². The summed E-state index contributed by atoms with van der Waals surface area (Å²) in [6.07, 6.45) is 3.80. The highest BCUT2D eigenvalue weighted by Gasteiger charge is 2.09. The summed E-state index contributed by atoms with van der Waals surface area (Å²) in [5.41, 5.74) is 3.89. The molecule has 2 heterocycles. The number of hydrogen-bond acceptors (Lipinski definition) is 5. The highest BCUT2D eigenvalue weighted by atomic mass is 32.1. The van der Waals surface area contributed by atoms with Crippen LogP contribution in [0.15, 0.2) is 84.5 Å². The van der Waals surface area contributed by atoms with Crippen molar-refractivity contribution in [3.05, 3.63) is 101 Å².